The van der Waals surface area contributed by atoms with E-state index in [0.29, 0.717) is 6.61 Å². The summed E-state index contributed by atoms with van der Waals surface area (Å²) in [5, 5.41) is 18.9. The van der Waals surface area contributed by atoms with Crippen LogP contribution in [0, 0.1) is 5.41 Å². The first kappa shape index (κ1) is 9.96. The monoisotopic (exact) mass is 174 g/mol. The molecule has 3 nitrogen and oxygen atoms in total. The van der Waals surface area contributed by atoms with Crippen molar-refractivity contribution in [3.8, 4) is 0 Å². The van der Waals surface area contributed by atoms with Crippen LogP contribution in [0.4, 0.5) is 0 Å². The number of aliphatic hydroxyl groups is 2. The second-order valence-electron chi connectivity index (χ2n) is 3.70. The van der Waals surface area contributed by atoms with Gasteiger partial charge in [-0.05, 0) is 12.8 Å². The van der Waals surface area contributed by atoms with E-state index in [-0.39, 0.29) is 12.0 Å². The zero-order valence-electron chi connectivity index (χ0n) is 7.62. The predicted molar refractivity (Wildman–Crippen MR) is 45.9 cm³/mol. The molecule has 1 unspecified atom stereocenters. The van der Waals surface area contributed by atoms with Crippen LogP contribution in [0.5, 0.6) is 0 Å². The fourth-order valence-electron chi connectivity index (χ4n) is 2.01. The van der Waals surface area contributed by atoms with E-state index in [1.165, 1.54) is 0 Å². The van der Waals surface area contributed by atoms with Gasteiger partial charge in [0.2, 0.25) is 0 Å². The van der Waals surface area contributed by atoms with E-state index in [0.717, 1.165) is 25.7 Å². The second kappa shape index (κ2) is 4.21. The van der Waals surface area contributed by atoms with Gasteiger partial charge in [-0.3, -0.25) is 0 Å². The number of methoxy groups -OCH3 is 1. The summed E-state index contributed by atoms with van der Waals surface area (Å²) in [7, 11) is 1.57. The van der Waals surface area contributed by atoms with Gasteiger partial charge >= 0.3 is 0 Å². The van der Waals surface area contributed by atoms with E-state index in [2.05, 4.69) is 0 Å². The van der Waals surface area contributed by atoms with Crippen LogP contribution < -0.4 is 0 Å². The van der Waals surface area contributed by atoms with Crippen molar-refractivity contribution in [2.75, 3.05) is 20.3 Å². The normalized spacial score (nSPS) is 24.2. The lowest BCUT2D eigenvalue weighted by atomic mass is 9.81. The summed E-state index contributed by atoms with van der Waals surface area (Å²) in [5.41, 5.74) is -0.268. The molecular formula is C9H18O3. The largest absolute Gasteiger partial charge is 0.396 e. The summed E-state index contributed by atoms with van der Waals surface area (Å²) >= 11 is 0. The van der Waals surface area contributed by atoms with Gasteiger partial charge in [0.15, 0.2) is 0 Å². The maximum atomic E-state index is 9.71. The summed E-state index contributed by atoms with van der Waals surface area (Å²) in [6, 6.07) is 0. The van der Waals surface area contributed by atoms with Crippen molar-refractivity contribution in [1.82, 2.24) is 0 Å². The molecule has 0 spiro atoms. The van der Waals surface area contributed by atoms with Gasteiger partial charge in [-0.1, -0.05) is 12.8 Å². The van der Waals surface area contributed by atoms with Gasteiger partial charge in [-0.2, -0.15) is 0 Å². The Morgan fingerprint density at radius 3 is 2.42 bits per heavy atom. The van der Waals surface area contributed by atoms with Crippen molar-refractivity contribution in [2.45, 2.75) is 31.8 Å². The lowest BCUT2D eigenvalue weighted by molar-refractivity contribution is -0.0529. The van der Waals surface area contributed by atoms with Crippen LogP contribution in [-0.4, -0.2) is 36.6 Å². The molecule has 72 valence electrons. The third kappa shape index (κ3) is 1.79. The summed E-state index contributed by atoms with van der Waals surface area (Å²) in [4.78, 5) is 0. The van der Waals surface area contributed by atoms with E-state index in [9.17, 15) is 10.2 Å². The zero-order chi connectivity index (χ0) is 9.03. The van der Waals surface area contributed by atoms with Crippen LogP contribution in [0.1, 0.15) is 25.7 Å². The Balaban J connectivity index is 2.52. The van der Waals surface area contributed by atoms with Crippen LogP contribution in [0.3, 0.4) is 0 Å². The van der Waals surface area contributed by atoms with Crippen molar-refractivity contribution in [2.24, 2.45) is 5.41 Å². The first-order valence-corrected chi connectivity index (χ1v) is 4.53. The average Bonchev–Trinajstić information content (AvgIpc) is 2.54. The van der Waals surface area contributed by atoms with Gasteiger partial charge in [0.25, 0.3) is 0 Å². The third-order valence-corrected chi connectivity index (χ3v) is 2.95. The van der Waals surface area contributed by atoms with Crippen molar-refractivity contribution in [3.63, 3.8) is 0 Å². The van der Waals surface area contributed by atoms with Crippen molar-refractivity contribution in [1.29, 1.82) is 0 Å². The molecule has 0 aliphatic heterocycles. The molecule has 0 aromatic carbocycles. The fraction of sp³-hybridized carbons (Fsp3) is 1.00. The van der Waals surface area contributed by atoms with E-state index in [4.69, 9.17) is 4.74 Å². The van der Waals surface area contributed by atoms with Crippen LogP contribution in [0.15, 0.2) is 0 Å². The molecule has 0 radical (unpaired) electrons. The minimum Gasteiger partial charge on any atom is -0.396 e. The van der Waals surface area contributed by atoms with Gasteiger partial charge in [0, 0.05) is 12.5 Å². The maximum absolute atomic E-state index is 9.71. The highest BCUT2D eigenvalue weighted by Crippen LogP contribution is 2.40. The van der Waals surface area contributed by atoms with E-state index in [1.807, 2.05) is 0 Å². The smallest absolute Gasteiger partial charge is 0.0851 e. The number of aliphatic hydroxyl groups excluding tert-OH is 2. The first-order chi connectivity index (χ1) is 5.75. The number of hydrogen-bond acceptors (Lipinski definition) is 3. The Morgan fingerprint density at radius 2 is 2.00 bits per heavy atom. The molecule has 0 amide bonds. The Bertz CT molecular complexity index is 130. The fourth-order valence-corrected chi connectivity index (χ4v) is 2.01. The molecule has 0 aromatic rings. The Hall–Kier alpha value is -0.120. The standard InChI is InChI=1S/C9H18O3/c1-12-6-8(11)9(7-10)4-2-3-5-9/h8,10-11H,2-7H2,1H3. The van der Waals surface area contributed by atoms with Crippen LogP contribution in [0.25, 0.3) is 0 Å². The molecule has 1 aliphatic rings. The lowest BCUT2D eigenvalue weighted by Gasteiger charge is -2.31. The Labute approximate surface area is 73.4 Å². The number of hydrogen-bond donors (Lipinski definition) is 2. The van der Waals surface area contributed by atoms with Crippen molar-refractivity contribution >= 4 is 0 Å². The van der Waals surface area contributed by atoms with Crippen LogP contribution >= 0.6 is 0 Å². The Kier molecular flexibility index (Phi) is 3.50. The third-order valence-electron chi connectivity index (χ3n) is 2.95. The van der Waals surface area contributed by atoms with Gasteiger partial charge in [0.1, 0.15) is 0 Å². The summed E-state index contributed by atoms with van der Waals surface area (Å²) < 4.78 is 4.88. The average molecular weight is 174 g/mol. The Morgan fingerprint density at radius 1 is 1.42 bits per heavy atom. The minimum absolute atomic E-state index is 0.0809. The van der Waals surface area contributed by atoms with Crippen LogP contribution in [-0.2, 0) is 4.74 Å². The molecule has 0 aromatic heterocycles. The highest BCUT2D eigenvalue weighted by molar-refractivity contribution is 4.90. The second-order valence-corrected chi connectivity index (χ2v) is 3.70. The van der Waals surface area contributed by atoms with Crippen LogP contribution in [0.2, 0.25) is 0 Å². The van der Waals surface area contributed by atoms with Gasteiger partial charge < -0.3 is 14.9 Å². The molecular weight excluding hydrogens is 156 g/mol. The summed E-state index contributed by atoms with van der Waals surface area (Å²) in [5.74, 6) is 0. The molecule has 1 rings (SSSR count). The molecule has 0 heterocycles. The molecule has 1 aliphatic carbocycles. The highest BCUT2D eigenvalue weighted by Gasteiger charge is 2.39. The first-order valence-electron chi connectivity index (χ1n) is 4.53. The summed E-state index contributed by atoms with van der Waals surface area (Å²) in [6.07, 6.45) is 3.57. The summed E-state index contributed by atoms with van der Waals surface area (Å²) in [6.45, 7) is 0.415. The van der Waals surface area contributed by atoms with E-state index < -0.39 is 6.10 Å². The van der Waals surface area contributed by atoms with Gasteiger partial charge in [-0.15, -0.1) is 0 Å². The lowest BCUT2D eigenvalue weighted by Crippen LogP contribution is -2.39. The maximum Gasteiger partial charge on any atom is 0.0851 e. The molecule has 1 atom stereocenters. The molecule has 0 saturated heterocycles. The van der Waals surface area contributed by atoms with Crippen molar-refractivity contribution < 1.29 is 14.9 Å². The minimum atomic E-state index is -0.505. The molecule has 12 heavy (non-hydrogen) atoms. The van der Waals surface area contributed by atoms with E-state index in [1.54, 1.807) is 7.11 Å². The molecule has 3 heteroatoms. The predicted octanol–water partition coefficient (Wildman–Crippen LogP) is 0.546. The SMILES string of the molecule is COCC(O)C1(CO)CCCC1. The molecule has 1 fully saturated rings. The highest BCUT2D eigenvalue weighted by atomic mass is 16.5. The molecule has 2 N–H and O–H groups in total. The zero-order valence-corrected chi connectivity index (χ0v) is 7.62. The topological polar surface area (TPSA) is 49.7 Å². The van der Waals surface area contributed by atoms with Crippen molar-refractivity contribution in [3.05, 3.63) is 0 Å². The van der Waals surface area contributed by atoms with Gasteiger partial charge in [0.05, 0.1) is 19.3 Å². The van der Waals surface area contributed by atoms with E-state index >= 15 is 0 Å². The van der Waals surface area contributed by atoms with Gasteiger partial charge in [-0.25, -0.2) is 0 Å². The number of rotatable bonds is 4. The quantitative estimate of drug-likeness (QED) is 0.654. The number of ether oxygens (including phenoxy) is 1. The molecule has 1 saturated carbocycles. The molecule has 0 bridgehead atoms.